The van der Waals surface area contributed by atoms with Crippen molar-refractivity contribution >= 4 is 51.3 Å². The van der Waals surface area contributed by atoms with E-state index in [1.165, 1.54) is 0 Å². The highest BCUT2D eigenvalue weighted by atomic mass is 79.9. The van der Waals surface area contributed by atoms with Crippen molar-refractivity contribution in [1.29, 1.82) is 0 Å². The van der Waals surface area contributed by atoms with E-state index in [1.807, 2.05) is 154 Å². The Kier molecular flexibility index (Phi) is 13.5. The van der Waals surface area contributed by atoms with Crippen LogP contribution in [0.4, 0.5) is 21.0 Å². The van der Waals surface area contributed by atoms with Gasteiger partial charge in [-0.25, -0.2) is 9.59 Å². The van der Waals surface area contributed by atoms with E-state index in [0.717, 1.165) is 32.5 Å². The number of carbonyl (C=O) groups excluding carboxylic acids is 4. The van der Waals surface area contributed by atoms with Crippen molar-refractivity contribution in [2.45, 2.75) is 96.9 Å². The number of amides is 4. The van der Waals surface area contributed by atoms with Crippen molar-refractivity contribution in [3.63, 3.8) is 0 Å². The molecule has 0 N–H and O–H groups in total. The molecule has 4 aromatic rings. The summed E-state index contributed by atoms with van der Waals surface area (Å²) in [6, 6.07) is 36.0. The topological polar surface area (TPSA) is 99.7 Å². The summed E-state index contributed by atoms with van der Waals surface area (Å²) in [5, 5.41) is 0. The minimum Gasteiger partial charge on any atom is -0.444 e. The average molecular weight is 866 g/mol. The summed E-state index contributed by atoms with van der Waals surface area (Å²) >= 11 is 3.60. The number of carbonyl (C=O) groups is 4. The molecule has 0 bridgehead atoms. The number of rotatable bonds is 6. The van der Waals surface area contributed by atoms with Crippen LogP contribution in [-0.2, 0) is 37.6 Å². The van der Waals surface area contributed by atoms with E-state index >= 15 is 0 Å². The first-order valence-electron chi connectivity index (χ1n) is 20.6. The predicted octanol–water partition coefficient (Wildman–Crippen LogP) is 10.1. The number of likely N-dealkylation sites (tertiary alicyclic amines) is 2. The van der Waals surface area contributed by atoms with Crippen LogP contribution in [0.25, 0.3) is 0 Å². The van der Waals surface area contributed by atoms with Crippen LogP contribution in [0, 0.1) is 5.92 Å². The molecule has 0 radical (unpaired) electrons. The summed E-state index contributed by atoms with van der Waals surface area (Å²) in [7, 11) is 0. The normalized spacial score (nSPS) is 16.5. The first-order valence-corrected chi connectivity index (χ1v) is 21.3. The molecule has 4 amide bonds. The lowest BCUT2D eigenvalue weighted by molar-refractivity contribution is -0.125. The van der Waals surface area contributed by atoms with Gasteiger partial charge in [-0.2, -0.15) is 0 Å². The Hall–Kier alpha value is -5.16. The molecular formula is C48H57BrN4O6. The Bertz CT molecular complexity index is 2080. The Morgan fingerprint density at radius 1 is 0.678 bits per heavy atom. The van der Waals surface area contributed by atoms with Gasteiger partial charge in [0.1, 0.15) is 11.2 Å². The number of halogens is 1. The summed E-state index contributed by atoms with van der Waals surface area (Å²) in [5.74, 6) is 0.112. The largest absolute Gasteiger partial charge is 0.444 e. The molecule has 1 spiro atoms. The molecule has 3 aliphatic heterocycles. The minimum atomic E-state index is -0.552. The first-order chi connectivity index (χ1) is 28.0. The maximum absolute atomic E-state index is 13.6. The molecule has 0 aliphatic carbocycles. The van der Waals surface area contributed by atoms with E-state index in [-0.39, 0.29) is 29.9 Å². The molecule has 0 saturated carbocycles. The molecule has 10 nitrogen and oxygen atoms in total. The van der Waals surface area contributed by atoms with Crippen molar-refractivity contribution in [1.82, 2.24) is 9.80 Å². The van der Waals surface area contributed by atoms with Gasteiger partial charge in [-0.3, -0.25) is 9.59 Å². The van der Waals surface area contributed by atoms with Gasteiger partial charge < -0.3 is 29.1 Å². The fourth-order valence-corrected chi connectivity index (χ4v) is 8.47. The maximum atomic E-state index is 13.6. The summed E-state index contributed by atoms with van der Waals surface area (Å²) in [6.45, 7) is 14.4. The van der Waals surface area contributed by atoms with Crippen molar-refractivity contribution < 1.29 is 28.7 Å². The number of para-hydroxylation sites is 2. The van der Waals surface area contributed by atoms with Gasteiger partial charge in [0.2, 0.25) is 11.8 Å². The molecule has 3 aliphatic rings. The van der Waals surface area contributed by atoms with E-state index in [4.69, 9.17) is 9.47 Å². The predicted molar refractivity (Wildman–Crippen MR) is 235 cm³/mol. The van der Waals surface area contributed by atoms with Crippen molar-refractivity contribution in [3.05, 3.63) is 130 Å². The van der Waals surface area contributed by atoms with Crippen LogP contribution in [-0.4, -0.2) is 71.2 Å². The van der Waals surface area contributed by atoms with Gasteiger partial charge in [-0.05, 0) is 118 Å². The van der Waals surface area contributed by atoms with Crippen molar-refractivity contribution in [2.24, 2.45) is 5.92 Å². The lowest BCUT2D eigenvalue weighted by atomic mass is 9.73. The number of anilines is 2. The molecule has 0 atom stereocenters. The lowest BCUT2D eigenvalue weighted by Gasteiger charge is -2.39. The molecule has 7 rings (SSSR count). The minimum absolute atomic E-state index is 0.0922. The molecule has 2 fully saturated rings. The Balaban J connectivity index is 0.000000198. The number of hydrogen-bond acceptors (Lipinski definition) is 6. The second-order valence-electron chi connectivity index (χ2n) is 17.5. The lowest BCUT2D eigenvalue weighted by Crippen LogP contribution is -2.50. The second kappa shape index (κ2) is 18.4. The van der Waals surface area contributed by atoms with E-state index in [9.17, 15) is 19.2 Å². The summed E-state index contributed by atoms with van der Waals surface area (Å²) in [5.41, 5.74) is 3.54. The Morgan fingerprint density at radius 2 is 1.17 bits per heavy atom. The third-order valence-electron chi connectivity index (χ3n) is 10.9. The molecule has 3 heterocycles. The molecule has 59 heavy (non-hydrogen) atoms. The summed E-state index contributed by atoms with van der Waals surface area (Å²) in [6.07, 6.45) is 1.90. The molecule has 312 valence electrons. The maximum Gasteiger partial charge on any atom is 0.410 e. The molecule has 4 aromatic carbocycles. The zero-order valence-electron chi connectivity index (χ0n) is 35.2. The third kappa shape index (κ3) is 10.7. The zero-order valence-corrected chi connectivity index (χ0v) is 36.7. The summed E-state index contributed by atoms with van der Waals surface area (Å²) in [4.78, 5) is 59.2. The quantitative estimate of drug-likeness (QED) is 0.191. The number of hydrogen-bond donors (Lipinski definition) is 0. The Morgan fingerprint density at radius 3 is 1.73 bits per heavy atom. The fourth-order valence-electron chi connectivity index (χ4n) is 7.97. The summed E-state index contributed by atoms with van der Waals surface area (Å²) < 4.78 is 11.9. The highest BCUT2D eigenvalue weighted by Gasteiger charge is 2.52. The van der Waals surface area contributed by atoms with Gasteiger partial charge in [-0.1, -0.05) is 91.0 Å². The average Bonchev–Trinajstić information content (AvgIpc) is 3.42. The van der Waals surface area contributed by atoms with Crippen LogP contribution < -0.4 is 9.80 Å². The molecule has 0 unspecified atom stereocenters. The third-order valence-corrected chi connectivity index (χ3v) is 11.6. The van der Waals surface area contributed by atoms with Crippen LogP contribution in [0.2, 0.25) is 0 Å². The number of nitrogens with zero attached hydrogens (tertiary/aromatic N) is 4. The number of benzene rings is 4. The van der Waals surface area contributed by atoms with Gasteiger partial charge in [0.05, 0.1) is 24.2 Å². The van der Waals surface area contributed by atoms with Gasteiger partial charge in [0, 0.05) is 42.3 Å². The molecular weight excluding hydrogens is 808 g/mol. The standard InChI is InChI=1S/C24H29BrN2O3.C24H28N2O3/c1-24(2,3)30-23(29)26-15-13-19(14-16-26)22(28)27(17-18-9-5-4-6-10-18)21-12-8-7-11-20(21)25;1-23(2,3)29-22(28)25-15-13-24(14-16-25)19-11-7-8-12-20(19)26(21(24)27)17-18-9-5-4-6-10-18/h4-12,19H,13-17H2,1-3H3;4-12H,13-17H2,1-3H3. The van der Waals surface area contributed by atoms with E-state index in [1.54, 1.807) is 9.80 Å². The Labute approximate surface area is 357 Å². The van der Waals surface area contributed by atoms with Gasteiger partial charge in [-0.15, -0.1) is 0 Å². The van der Waals surface area contributed by atoms with Crippen LogP contribution in [0.3, 0.4) is 0 Å². The van der Waals surface area contributed by atoms with Crippen LogP contribution in [0.15, 0.2) is 114 Å². The van der Waals surface area contributed by atoms with E-state index in [0.29, 0.717) is 65.0 Å². The van der Waals surface area contributed by atoms with Crippen LogP contribution >= 0.6 is 15.9 Å². The monoisotopic (exact) mass is 864 g/mol. The zero-order chi connectivity index (χ0) is 42.4. The van der Waals surface area contributed by atoms with Crippen LogP contribution in [0.1, 0.15) is 83.9 Å². The smallest absolute Gasteiger partial charge is 0.410 e. The molecule has 0 aromatic heterocycles. The van der Waals surface area contributed by atoms with Gasteiger partial charge in [0.15, 0.2) is 0 Å². The molecule has 11 heteroatoms. The van der Waals surface area contributed by atoms with E-state index in [2.05, 4.69) is 22.0 Å². The molecule has 2 saturated heterocycles. The number of fused-ring (bicyclic) bond motifs is 2. The van der Waals surface area contributed by atoms with E-state index < -0.39 is 16.6 Å². The highest BCUT2D eigenvalue weighted by molar-refractivity contribution is 9.10. The van der Waals surface area contributed by atoms with Crippen molar-refractivity contribution in [2.75, 3.05) is 36.0 Å². The van der Waals surface area contributed by atoms with Gasteiger partial charge >= 0.3 is 12.2 Å². The second-order valence-corrected chi connectivity index (χ2v) is 18.4. The van der Waals surface area contributed by atoms with Crippen LogP contribution in [0.5, 0.6) is 0 Å². The number of ether oxygens (including phenoxy) is 2. The number of piperidine rings is 2. The SMILES string of the molecule is CC(C)(C)OC(=O)N1CCC(C(=O)N(Cc2ccccc2)c2ccccc2Br)CC1.CC(C)(C)OC(=O)N1CCC2(CC1)C(=O)N(Cc1ccccc1)c1ccccc12. The first kappa shape index (κ1) is 43.4. The highest BCUT2D eigenvalue weighted by Crippen LogP contribution is 2.48. The van der Waals surface area contributed by atoms with Gasteiger partial charge in [0.25, 0.3) is 0 Å². The fraction of sp³-hybridized carbons (Fsp3) is 0.417. The van der Waals surface area contributed by atoms with Crippen molar-refractivity contribution in [3.8, 4) is 0 Å².